The van der Waals surface area contributed by atoms with Gasteiger partial charge < -0.3 is 20.3 Å². The Morgan fingerprint density at radius 1 is 1.10 bits per heavy atom. The van der Waals surface area contributed by atoms with Gasteiger partial charge in [0.2, 0.25) is 5.91 Å². The molecule has 2 rings (SSSR count). The molecule has 1 aliphatic rings. The summed E-state index contributed by atoms with van der Waals surface area (Å²) in [5.41, 5.74) is 1.21. The van der Waals surface area contributed by atoms with E-state index in [2.05, 4.69) is 10.6 Å². The third-order valence-electron chi connectivity index (χ3n) is 4.54. The fraction of sp³-hybridized carbons (Fsp3) is 0.524. The molecule has 2 N–H and O–H groups in total. The first-order valence-corrected chi connectivity index (χ1v) is 10.6. The number of likely N-dealkylation sites (tertiary alicyclic amines) is 1. The smallest absolute Gasteiger partial charge is 0.306 e. The summed E-state index contributed by atoms with van der Waals surface area (Å²) in [6.07, 6.45) is 5.14. The second-order valence-corrected chi connectivity index (χ2v) is 7.42. The highest BCUT2D eigenvalue weighted by atomic mass is 32.1. The van der Waals surface area contributed by atoms with Crippen LogP contribution in [0.3, 0.4) is 0 Å². The van der Waals surface area contributed by atoms with Crippen molar-refractivity contribution < 1.29 is 19.1 Å². The van der Waals surface area contributed by atoms with Crippen LogP contribution in [0.25, 0.3) is 0 Å². The minimum Gasteiger partial charge on any atom is -0.466 e. The molecule has 0 bridgehead atoms. The topological polar surface area (TPSA) is 87.7 Å². The molecule has 158 valence electrons. The van der Waals surface area contributed by atoms with Gasteiger partial charge in [-0.05, 0) is 49.7 Å². The molecule has 0 aliphatic carbocycles. The molecule has 0 unspecified atom stereocenters. The lowest BCUT2D eigenvalue weighted by molar-refractivity contribution is -0.144. The van der Waals surface area contributed by atoms with Crippen LogP contribution < -0.4 is 10.6 Å². The van der Waals surface area contributed by atoms with E-state index >= 15 is 0 Å². The molecule has 8 heteroatoms. The number of carbonyl (C=O) groups excluding carboxylic acids is 3. The number of amides is 2. The van der Waals surface area contributed by atoms with Crippen LogP contribution in [0.4, 0.5) is 5.69 Å². The molecular formula is C21H29N3O4S. The van der Waals surface area contributed by atoms with Crippen LogP contribution in [0.2, 0.25) is 0 Å². The number of nitrogens with one attached hydrogen (secondary N) is 2. The van der Waals surface area contributed by atoms with Crippen LogP contribution in [-0.4, -0.2) is 47.5 Å². The monoisotopic (exact) mass is 419 g/mol. The van der Waals surface area contributed by atoms with E-state index in [0.717, 1.165) is 45.2 Å². The molecule has 2 amide bonds. The maximum atomic E-state index is 12.7. The van der Waals surface area contributed by atoms with Gasteiger partial charge in [0.1, 0.15) is 0 Å². The fourth-order valence-electron chi connectivity index (χ4n) is 3.04. The number of rotatable bonds is 7. The number of esters is 1. The Morgan fingerprint density at radius 2 is 1.83 bits per heavy atom. The van der Waals surface area contributed by atoms with E-state index in [1.807, 2.05) is 11.8 Å². The average Bonchev–Trinajstić information content (AvgIpc) is 2.99. The van der Waals surface area contributed by atoms with Crippen LogP contribution in [0.1, 0.15) is 62.2 Å². The summed E-state index contributed by atoms with van der Waals surface area (Å²) >= 11 is 5.16. The molecule has 0 aromatic heterocycles. The summed E-state index contributed by atoms with van der Waals surface area (Å²) in [6, 6.07) is 7.07. The number of carbonyl (C=O) groups is 3. The first kappa shape index (κ1) is 22.8. The van der Waals surface area contributed by atoms with Crippen molar-refractivity contribution in [3.8, 4) is 0 Å². The van der Waals surface area contributed by atoms with E-state index in [-0.39, 0.29) is 29.8 Å². The summed E-state index contributed by atoms with van der Waals surface area (Å²) in [5, 5.41) is 5.58. The van der Waals surface area contributed by atoms with E-state index in [1.54, 1.807) is 24.3 Å². The lowest BCUT2D eigenvalue weighted by Gasteiger charge is -2.20. The summed E-state index contributed by atoms with van der Waals surface area (Å²) in [4.78, 5) is 38.0. The van der Waals surface area contributed by atoms with E-state index in [1.165, 1.54) is 0 Å². The van der Waals surface area contributed by atoms with Crippen molar-refractivity contribution >= 4 is 40.8 Å². The van der Waals surface area contributed by atoms with Crippen LogP contribution in [0, 0.1) is 0 Å². The third kappa shape index (κ3) is 8.19. The Bertz CT molecular complexity index is 730. The van der Waals surface area contributed by atoms with Crippen molar-refractivity contribution in [1.82, 2.24) is 10.2 Å². The maximum Gasteiger partial charge on any atom is 0.306 e. The van der Waals surface area contributed by atoms with Crippen LogP contribution >= 0.6 is 12.2 Å². The Morgan fingerprint density at radius 3 is 2.52 bits per heavy atom. The van der Waals surface area contributed by atoms with Crippen molar-refractivity contribution in [3.05, 3.63) is 29.8 Å². The lowest BCUT2D eigenvalue weighted by atomic mass is 10.1. The van der Waals surface area contributed by atoms with Gasteiger partial charge in [-0.3, -0.25) is 14.4 Å². The molecule has 7 nitrogen and oxygen atoms in total. The van der Waals surface area contributed by atoms with Gasteiger partial charge in [-0.15, -0.1) is 0 Å². The van der Waals surface area contributed by atoms with Crippen molar-refractivity contribution in [2.75, 3.05) is 25.0 Å². The van der Waals surface area contributed by atoms with Gasteiger partial charge in [0.15, 0.2) is 5.11 Å². The quantitative estimate of drug-likeness (QED) is 0.521. The summed E-state index contributed by atoms with van der Waals surface area (Å²) in [6.45, 7) is 3.82. The third-order valence-corrected chi connectivity index (χ3v) is 4.74. The number of hydrogen-bond donors (Lipinski definition) is 2. The van der Waals surface area contributed by atoms with Gasteiger partial charge in [0.05, 0.1) is 13.0 Å². The predicted octanol–water partition coefficient (Wildman–Crippen LogP) is 3.25. The number of ether oxygens (including phenoxy) is 1. The van der Waals surface area contributed by atoms with Crippen LogP contribution in [-0.2, 0) is 14.3 Å². The standard InChI is InChI=1S/C21H29N3O4S/c1-2-14-28-19(26)11-10-18(25)23-21(29)22-17-9-7-8-16(15-17)20(27)24-12-5-3-4-6-13-24/h7-9,15H,2-6,10-14H2,1H3,(H2,22,23,25,29). The Kier molecular flexibility index (Phi) is 9.56. The maximum absolute atomic E-state index is 12.7. The normalized spacial score (nSPS) is 13.9. The van der Waals surface area contributed by atoms with Gasteiger partial charge in [0, 0.05) is 30.8 Å². The molecule has 1 aromatic carbocycles. The van der Waals surface area contributed by atoms with Crippen molar-refractivity contribution in [3.63, 3.8) is 0 Å². The zero-order valence-corrected chi connectivity index (χ0v) is 17.7. The lowest BCUT2D eigenvalue weighted by Crippen LogP contribution is -2.34. The molecule has 29 heavy (non-hydrogen) atoms. The Balaban J connectivity index is 1.84. The summed E-state index contributed by atoms with van der Waals surface area (Å²) in [7, 11) is 0. The number of anilines is 1. The Labute approximate surface area is 177 Å². The minimum atomic E-state index is -0.402. The highest BCUT2D eigenvalue weighted by Gasteiger charge is 2.17. The summed E-state index contributed by atoms with van der Waals surface area (Å²) < 4.78 is 4.93. The van der Waals surface area contributed by atoms with Gasteiger partial charge in [-0.2, -0.15) is 0 Å². The largest absolute Gasteiger partial charge is 0.466 e. The van der Waals surface area contributed by atoms with Gasteiger partial charge in [-0.1, -0.05) is 25.8 Å². The number of hydrogen-bond acceptors (Lipinski definition) is 5. The highest BCUT2D eigenvalue weighted by molar-refractivity contribution is 7.80. The second-order valence-electron chi connectivity index (χ2n) is 7.01. The van der Waals surface area contributed by atoms with Gasteiger partial charge in [-0.25, -0.2) is 0 Å². The van der Waals surface area contributed by atoms with Crippen molar-refractivity contribution in [1.29, 1.82) is 0 Å². The molecule has 1 aliphatic heterocycles. The first-order chi connectivity index (χ1) is 14.0. The highest BCUT2D eigenvalue weighted by Crippen LogP contribution is 2.16. The average molecular weight is 420 g/mol. The van der Waals surface area contributed by atoms with Crippen molar-refractivity contribution in [2.45, 2.75) is 51.9 Å². The number of benzene rings is 1. The van der Waals surface area contributed by atoms with Crippen molar-refractivity contribution in [2.24, 2.45) is 0 Å². The zero-order chi connectivity index (χ0) is 21.1. The molecule has 1 heterocycles. The molecule has 0 saturated carbocycles. The van der Waals surface area contributed by atoms with E-state index < -0.39 is 5.97 Å². The zero-order valence-electron chi connectivity index (χ0n) is 16.9. The second kappa shape index (κ2) is 12.2. The first-order valence-electron chi connectivity index (χ1n) is 10.2. The molecule has 1 saturated heterocycles. The van der Waals surface area contributed by atoms with Gasteiger partial charge >= 0.3 is 5.97 Å². The molecular weight excluding hydrogens is 390 g/mol. The van der Waals surface area contributed by atoms with E-state index in [9.17, 15) is 14.4 Å². The minimum absolute atomic E-state index is 0.00213. The molecule has 0 atom stereocenters. The fourth-order valence-corrected chi connectivity index (χ4v) is 3.27. The molecule has 0 spiro atoms. The molecule has 0 radical (unpaired) electrons. The molecule has 1 aromatic rings. The number of thiocarbonyl (C=S) groups is 1. The number of nitrogens with zero attached hydrogens (tertiary/aromatic N) is 1. The molecule has 1 fully saturated rings. The van der Waals surface area contributed by atoms with E-state index in [0.29, 0.717) is 17.9 Å². The Hall–Kier alpha value is -2.48. The summed E-state index contributed by atoms with van der Waals surface area (Å²) in [5.74, 6) is -0.760. The van der Waals surface area contributed by atoms with Gasteiger partial charge in [0.25, 0.3) is 5.91 Å². The predicted molar refractivity (Wildman–Crippen MR) is 116 cm³/mol. The SMILES string of the molecule is CCCOC(=O)CCC(=O)NC(=S)Nc1cccc(C(=O)N2CCCCCC2)c1. The van der Waals surface area contributed by atoms with Crippen LogP contribution in [0.15, 0.2) is 24.3 Å². The van der Waals surface area contributed by atoms with E-state index in [4.69, 9.17) is 17.0 Å². The van der Waals surface area contributed by atoms with Crippen LogP contribution in [0.5, 0.6) is 0 Å².